The van der Waals surface area contributed by atoms with Gasteiger partial charge in [-0.05, 0) is 37.1 Å². The third-order valence-corrected chi connectivity index (χ3v) is 5.46. The Hall–Kier alpha value is -2.39. The number of benzene rings is 1. The molecule has 2 heterocycles. The van der Waals surface area contributed by atoms with Gasteiger partial charge in [0.05, 0.1) is 26.3 Å². The van der Waals surface area contributed by atoms with Gasteiger partial charge >= 0.3 is 0 Å². The van der Waals surface area contributed by atoms with Crippen LogP contribution in [0.25, 0.3) is 5.52 Å². The van der Waals surface area contributed by atoms with Gasteiger partial charge in [0.25, 0.3) is 0 Å². The fraction of sp³-hybridized carbons (Fsp3) is 0.375. The largest absolute Gasteiger partial charge is 0.324 e. The minimum Gasteiger partial charge on any atom is -0.324 e. The molecule has 142 valence electrons. The first-order chi connectivity index (χ1) is 12.7. The summed E-state index contributed by atoms with van der Waals surface area (Å²) in [6, 6.07) is 15.0. The second kappa shape index (κ2) is 7.32. The Morgan fingerprint density at radius 1 is 1.07 bits per heavy atom. The Morgan fingerprint density at radius 2 is 1.74 bits per heavy atom. The van der Waals surface area contributed by atoms with E-state index in [-0.39, 0.29) is 5.78 Å². The maximum Gasteiger partial charge on any atom is 0.176 e. The predicted molar refractivity (Wildman–Crippen MR) is 112 cm³/mol. The van der Waals surface area contributed by atoms with E-state index < -0.39 is 0 Å². The van der Waals surface area contributed by atoms with E-state index in [2.05, 4.69) is 75.7 Å². The van der Waals surface area contributed by atoms with Crippen LogP contribution in [-0.4, -0.2) is 35.3 Å². The average Bonchev–Trinajstić information content (AvgIpc) is 2.88. The Bertz CT molecular complexity index is 964. The quantitative estimate of drug-likeness (QED) is 0.439. The normalized spacial score (nSPS) is 13.1. The van der Waals surface area contributed by atoms with Gasteiger partial charge in [-0.25, -0.2) is 0 Å². The summed E-state index contributed by atoms with van der Waals surface area (Å²) in [4.78, 5) is 12.2. The molecule has 3 rings (SSSR count). The van der Waals surface area contributed by atoms with Crippen molar-refractivity contribution in [2.45, 2.75) is 40.2 Å². The number of aromatic nitrogens is 1. The molecule has 0 spiro atoms. The molecule has 0 N–H and O–H groups in total. The molecule has 3 heteroatoms. The fourth-order valence-corrected chi connectivity index (χ4v) is 4.50. The van der Waals surface area contributed by atoms with Crippen LogP contribution in [0, 0.1) is 13.8 Å². The zero-order valence-corrected chi connectivity index (χ0v) is 17.4. The standard InChI is InChI=1S/C24H31N2O/c1-17-10-12-21(13-11-17)16-26(5,6)15-18(2)23-19(3)24(20(4)27)25-14-8-7-9-22(23)25/h7-14,18H,15-16H2,1-6H3/q+1. The average molecular weight is 364 g/mol. The molecule has 0 aliphatic heterocycles. The summed E-state index contributed by atoms with van der Waals surface area (Å²) in [6.07, 6.45) is 2.00. The van der Waals surface area contributed by atoms with Crippen LogP contribution in [0.4, 0.5) is 0 Å². The molecule has 0 amide bonds. The van der Waals surface area contributed by atoms with E-state index >= 15 is 0 Å². The fourth-order valence-electron chi connectivity index (χ4n) is 4.50. The number of aryl methyl sites for hydroxylation is 1. The molecule has 1 atom stereocenters. The zero-order valence-electron chi connectivity index (χ0n) is 17.4. The number of pyridine rings is 1. The van der Waals surface area contributed by atoms with Crippen LogP contribution in [0.2, 0.25) is 0 Å². The summed E-state index contributed by atoms with van der Waals surface area (Å²) in [5, 5.41) is 0. The van der Waals surface area contributed by atoms with E-state index in [0.29, 0.717) is 5.92 Å². The summed E-state index contributed by atoms with van der Waals surface area (Å²) >= 11 is 0. The lowest BCUT2D eigenvalue weighted by atomic mass is 9.95. The van der Waals surface area contributed by atoms with Crippen molar-refractivity contribution in [2.75, 3.05) is 20.6 Å². The van der Waals surface area contributed by atoms with Crippen LogP contribution < -0.4 is 0 Å². The van der Waals surface area contributed by atoms with Crippen LogP contribution in [0.5, 0.6) is 0 Å². The molecule has 0 aliphatic rings. The van der Waals surface area contributed by atoms with Gasteiger partial charge < -0.3 is 8.88 Å². The summed E-state index contributed by atoms with van der Waals surface area (Å²) < 4.78 is 2.96. The number of likely N-dealkylation sites (N-methyl/N-ethyl adjacent to an activating group) is 1. The first-order valence-electron chi connectivity index (χ1n) is 9.67. The number of carbonyl (C=O) groups is 1. The van der Waals surface area contributed by atoms with Gasteiger partial charge in [-0.1, -0.05) is 42.8 Å². The smallest absolute Gasteiger partial charge is 0.176 e. The number of carbonyl (C=O) groups excluding carboxylic acids is 1. The Morgan fingerprint density at radius 3 is 2.37 bits per heavy atom. The van der Waals surface area contributed by atoms with Gasteiger partial charge in [-0.15, -0.1) is 0 Å². The molecule has 0 bridgehead atoms. The van der Waals surface area contributed by atoms with Crippen molar-refractivity contribution in [1.82, 2.24) is 4.40 Å². The maximum absolute atomic E-state index is 12.2. The lowest BCUT2D eigenvalue weighted by Crippen LogP contribution is -2.41. The minimum atomic E-state index is 0.126. The van der Waals surface area contributed by atoms with E-state index in [1.54, 1.807) is 6.92 Å². The van der Waals surface area contributed by atoms with Crippen molar-refractivity contribution in [3.05, 3.63) is 76.6 Å². The number of hydrogen-bond acceptors (Lipinski definition) is 1. The molecule has 0 fully saturated rings. The first kappa shape index (κ1) is 19.4. The highest BCUT2D eigenvalue weighted by molar-refractivity contribution is 5.96. The van der Waals surface area contributed by atoms with Gasteiger partial charge in [0.2, 0.25) is 0 Å². The second-order valence-corrected chi connectivity index (χ2v) is 8.56. The van der Waals surface area contributed by atoms with Crippen molar-refractivity contribution >= 4 is 11.3 Å². The van der Waals surface area contributed by atoms with E-state index in [1.165, 1.54) is 16.7 Å². The highest BCUT2D eigenvalue weighted by Gasteiger charge is 2.27. The first-order valence-corrected chi connectivity index (χ1v) is 9.67. The van der Waals surface area contributed by atoms with Crippen molar-refractivity contribution in [2.24, 2.45) is 0 Å². The van der Waals surface area contributed by atoms with Crippen LogP contribution in [0.15, 0.2) is 48.7 Å². The molecule has 0 saturated carbocycles. The van der Waals surface area contributed by atoms with Gasteiger partial charge in [-0.2, -0.15) is 0 Å². The zero-order chi connectivity index (χ0) is 19.8. The van der Waals surface area contributed by atoms with Gasteiger partial charge in [-0.3, -0.25) is 4.79 Å². The molecule has 3 aromatic rings. The Balaban J connectivity index is 1.91. The van der Waals surface area contributed by atoms with Gasteiger partial charge in [0.15, 0.2) is 5.78 Å². The SMILES string of the molecule is CC(=O)c1c(C)c(C(C)C[N+](C)(C)Cc2ccc(C)cc2)c2ccccn12. The molecular weight excluding hydrogens is 332 g/mol. The number of quaternary nitrogens is 1. The summed E-state index contributed by atoms with van der Waals surface area (Å²) in [7, 11) is 4.58. The van der Waals surface area contributed by atoms with Crippen LogP contribution in [0.3, 0.4) is 0 Å². The number of nitrogens with zero attached hydrogens (tertiary/aromatic N) is 2. The van der Waals surface area contributed by atoms with Gasteiger partial charge in [0, 0.05) is 30.1 Å². The number of hydrogen-bond donors (Lipinski definition) is 0. The van der Waals surface area contributed by atoms with Crippen LogP contribution in [-0.2, 0) is 6.54 Å². The molecule has 3 nitrogen and oxygen atoms in total. The molecule has 27 heavy (non-hydrogen) atoms. The molecule has 0 radical (unpaired) electrons. The molecule has 1 aromatic carbocycles. The van der Waals surface area contributed by atoms with Crippen molar-refractivity contribution in [3.8, 4) is 0 Å². The molecule has 2 aromatic heterocycles. The van der Waals surface area contributed by atoms with Crippen LogP contribution in [0.1, 0.15) is 52.5 Å². The summed E-state index contributed by atoms with van der Waals surface area (Å²) in [5.41, 5.74) is 7.05. The lowest BCUT2D eigenvalue weighted by molar-refractivity contribution is -0.904. The molecule has 1 unspecified atom stereocenters. The topological polar surface area (TPSA) is 21.5 Å². The number of ketones is 1. The Labute approximate surface area is 162 Å². The predicted octanol–water partition coefficient (Wildman–Crippen LogP) is 5.14. The Kier molecular flexibility index (Phi) is 5.25. The lowest BCUT2D eigenvalue weighted by Gasteiger charge is -2.33. The number of fused-ring (bicyclic) bond motifs is 1. The van der Waals surface area contributed by atoms with Crippen molar-refractivity contribution in [3.63, 3.8) is 0 Å². The van der Waals surface area contributed by atoms with Crippen molar-refractivity contribution in [1.29, 1.82) is 0 Å². The summed E-state index contributed by atoms with van der Waals surface area (Å²) in [5.74, 6) is 0.483. The summed E-state index contributed by atoms with van der Waals surface area (Å²) in [6.45, 7) is 10.2. The number of rotatable bonds is 6. The molecule has 0 saturated heterocycles. The van der Waals surface area contributed by atoms with E-state index in [9.17, 15) is 4.79 Å². The van der Waals surface area contributed by atoms with Gasteiger partial charge in [0.1, 0.15) is 6.54 Å². The van der Waals surface area contributed by atoms with Crippen LogP contribution >= 0.6 is 0 Å². The molecular formula is C24H31N2O+. The highest BCUT2D eigenvalue weighted by Crippen LogP contribution is 2.32. The third-order valence-electron chi connectivity index (χ3n) is 5.46. The maximum atomic E-state index is 12.2. The van der Waals surface area contributed by atoms with E-state index in [0.717, 1.165) is 34.3 Å². The van der Waals surface area contributed by atoms with E-state index in [1.807, 2.05) is 12.3 Å². The number of Topliss-reactive ketones (excluding diaryl/α,β-unsaturated/α-hetero) is 1. The van der Waals surface area contributed by atoms with Crippen molar-refractivity contribution < 1.29 is 9.28 Å². The highest BCUT2D eigenvalue weighted by atomic mass is 16.1. The second-order valence-electron chi connectivity index (χ2n) is 8.56. The van der Waals surface area contributed by atoms with E-state index in [4.69, 9.17) is 0 Å². The monoisotopic (exact) mass is 363 g/mol. The minimum absolute atomic E-state index is 0.126. The molecule has 0 aliphatic carbocycles. The third kappa shape index (κ3) is 3.98.